The van der Waals surface area contributed by atoms with Crippen LogP contribution in [0.1, 0.15) is 6.42 Å². The average molecular weight is 392 g/mol. The summed E-state index contributed by atoms with van der Waals surface area (Å²) in [6.45, 7) is 2.79. The van der Waals surface area contributed by atoms with Gasteiger partial charge in [-0.05, 0) is 48.9 Å². The molecule has 2 heterocycles. The Balaban J connectivity index is 1.46. The van der Waals surface area contributed by atoms with Crippen molar-refractivity contribution in [2.24, 2.45) is 0 Å². The van der Waals surface area contributed by atoms with Gasteiger partial charge in [0.2, 0.25) is 5.95 Å². The molecule has 3 aromatic rings. The minimum absolute atomic E-state index is 0.281. The van der Waals surface area contributed by atoms with E-state index in [4.69, 9.17) is 15.5 Å². The number of rotatable bonds is 6. The number of alkyl halides is 3. The number of nitrogens with zero attached hydrogens (tertiary/aromatic N) is 3. The number of anilines is 2. The van der Waals surface area contributed by atoms with Crippen LogP contribution in [0.4, 0.5) is 24.8 Å². The van der Waals surface area contributed by atoms with Crippen LogP contribution in [0.2, 0.25) is 0 Å². The van der Waals surface area contributed by atoms with Gasteiger partial charge in [-0.1, -0.05) is 0 Å². The number of hydrogen-bond acceptors (Lipinski definition) is 5. The molecule has 28 heavy (non-hydrogen) atoms. The van der Waals surface area contributed by atoms with Crippen LogP contribution >= 0.6 is 0 Å². The van der Waals surface area contributed by atoms with Gasteiger partial charge in [-0.3, -0.25) is 0 Å². The monoisotopic (exact) mass is 392 g/mol. The van der Waals surface area contributed by atoms with Crippen LogP contribution in [0, 0.1) is 0 Å². The maximum Gasteiger partial charge on any atom is 0.573 e. The van der Waals surface area contributed by atoms with Crippen molar-refractivity contribution in [3.05, 3.63) is 42.5 Å². The van der Waals surface area contributed by atoms with E-state index in [2.05, 4.69) is 14.2 Å². The van der Waals surface area contributed by atoms with E-state index in [1.807, 2.05) is 18.2 Å². The summed E-state index contributed by atoms with van der Waals surface area (Å²) in [5.74, 6) is 1.06. The summed E-state index contributed by atoms with van der Waals surface area (Å²) in [5, 5.41) is 0. The Bertz CT molecular complexity index is 966. The van der Waals surface area contributed by atoms with Crippen molar-refractivity contribution in [1.82, 2.24) is 9.55 Å². The van der Waals surface area contributed by atoms with Gasteiger partial charge in [0, 0.05) is 18.8 Å². The predicted octanol–water partition coefficient (Wildman–Crippen LogP) is 3.81. The molecule has 0 aliphatic carbocycles. The lowest BCUT2D eigenvalue weighted by molar-refractivity contribution is -0.274. The molecule has 0 amide bonds. The third-order valence-corrected chi connectivity index (χ3v) is 4.53. The van der Waals surface area contributed by atoms with Crippen molar-refractivity contribution in [3.63, 3.8) is 0 Å². The average Bonchev–Trinajstić information content (AvgIpc) is 2.91. The summed E-state index contributed by atoms with van der Waals surface area (Å²) in [6, 6.07) is 10.9. The highest BCUT2D eigenvalue weighted by Gasteiger charge is 2.31. The number of ether oxygens (including phenoxy) is 2. The molecule has 6 nitrogen and oxygen atoms in total. The zero-order valence-electron chi connectivity index (χ0n) is 14.9. The number of hydrogen-bond donors (Lipinski definition) is 1. The Labute approximate surface area is 159 Å². The molecule has 4 rings (SSSR count). The van der Waals surface area contributed by atoms with Crippen LogP contribution in [0.5, 0.6) is 11.5 Å². The molecule has 0 unspecified atom stereocenters. The fourth-order valence-electron chi connectivity index (χ4n) is 3.10. The van der Waals surface area contributed by atoms with E-state index in [1.165, 1.54) is 24.3 Å². The molecule has 0 bridgehead atoms. The lowest BCUT2D eigenvalue weighted by atomic mass is 10.2. The lowest BCUT2D eigenvalue weighted by Crippen LogP contribution is -2.39. The maximum absolute atomic E-state index is 12.2. The first-order chi connectivity index (χ1) is 13.4. The van der Waals surface area contributed by atoms with Gasteiger partial charge in [0.05, 0.1) is 17.6 Å². The summed E-state index contributed by atoms with van der Waals surface area (Å²) in [6.07, 6.45) is -3.58. The third-order valence-electron chi connectivity index (χ3n) is 4.53. The van der Waals surface area contributed by atoms with Gasteiger partial charge < -0.3 is 24.7 Å². The number of fused-ring (bicyclic) bond motifs is 1. The van der Waals surface area contributed by atoms with Crippen LogP contribution < -0.4 is 20.1 Å². The van der Waals surface area contributed by atoms with Crippen LogP contribution in [0.25, 0.3) is 11.0 Å². The highest BCUT2D eigenvalue weighted by Crippen LogP contribution is 2.28. The van der Waals surface area contributed by atoms with Crippen LogP contribution in [0.15, 0.2) is 42.5 Å². The first kappa shape index (κ1) is 18.3. The number of imidazole rings is 1. The molecule has 1 saturated heterocycles. The molecular formula is C19H19F3N4O2. The smallest absolute Gasteiger partial charge is 0.492 e. The van der Waals surface area contributed by atoms with Crippen LogP contribution in [-0.4, -0.2) is 35.6 Å². The van der Waals surface area contributed by atoms with E-state index < -0.39 is 6.36 Å². The van der Waals surface area contributed by atoms with Gasteiger partial charge in [0.1, 0.15) is 18.1 Å². The first-order valence-corrected chi connectivity index (χ1v) is 8.88. The Kier molecular flexibility index (Phi) is 4.66. The number of aromatic nitrogens is 2. The molecule has 0 radical (unpaired) electrons. The zero-order valence-corrected chi connectivity index (χ0v) is 14.9. The maximum atomic E-state index is 12.2. The van der Waals surface area contributed by atoms with Crippen LogP contribution in [-0.2, 0) is 6.54 Å². The van der Waals surface area contributed by atoms with Gasteiger partial charge in [-0.15, -0.1) is 13.2 Å². The number of nitrogen functional groups attached to an aromatic ring is 1. The molecule has 0 atom stereocenters. The largest absolute Gasteiger partial charge is 0.573 e. The lowest BCUT2D eigenvalue weighted by Gasteiger charge is -2.32. The van der Waals surface area contributed by atoms with E-state index >= 15 is 0 Å². The zero-order chi connectivity index (χ0) is 19.7. The second-order valence-electron chi connectivity index (χ2n) is 6.52. The molecule has 148 valence electrons. The van der Waals surface area contributed by atoms with Crippen molar-refractivity contribution < 1.29 is 22.6 Å². The van der Waals surface area contributed by atoms with E-state index in [0.717, 1.165) is 36.5 Å². The fraction of sp³-hybridized carbons (Fsp3) is 0.316. The Morgan fingerprint density at radius 2 is 1.75 bits per heavy atom. The van der Waals surface area contributed by atoms with Crippen LogP contribution in [0.3, 0.4) is 0 Å². The van der Waals surface area contributed by atoms with E-state index in [9.17, 15) is 13.2 Å². The molecule has 0 saturated carbocycles. The highest BCUT2D eigenvalue weighted by atomic mass is 19.4. The summed E-state index contributed by atoms with van der Waals surface area (Å²) < 4.78 is 48.3. The topological polar surface area (TPSA) is 65.5 Å². The summed E-state index contributed by atoms with van der Waals surface area (Å²) >= 11 is 0. The highest BCUT2D eigenvalue weighted by molar-refractivity contribution is 5.82. The minimum atomic E-state index is -4.71. The summed E-state index contributed by atoms with van der Waals surface area (Å²) in [4.78, 5) is 6.90. The van der Waals surface area contributed by atoms with Gasteiger partial charge in [0.15, 0.2) is 0 Å². The van der Waals surface area contributed by atoms with Crippen molar-refractivity contribution in [3.8, 4) is 11.5 Å². The molecular weight excluding hydrogens is 373 g/mol. The number of benzene rings is 2. The predicted molar refractivity (Wildman–Crippen MR) is 99.6 cm³/mol. The van der Waals surface area contributed by atoms with Gasteiger partial charge in [-0.2, -0.15) is 0 Å². The Morgan fingerprint density at radius 3 is 2.39 bits per heavy atom. The number of nitrogens with two attached hydrogens (primary N) is 1. The Hall–Kier alpha value is -3.10. The van der Waals surface area contributed by atoms with Gasteiger partial charge >= 0.3 is 6.36 Å². The molecule has 1 aliphatic heterocycles. The van der Waals surface area contributed by atoms with E-state index in [-0.39, 0.29) is 5.75 Å². The van der Waals surface area contributed by atoms with Crippen molar-refractivity contribution in [2.75, 3.05) is 30.3 Å². The molecule has 9 heteroatoms. The molecule has 1 fully saturated rings. The van der Waals surface area contributed by atoms with Gasteiger partial charge in [0.25, 0.3) is 0 Å². The normalized spacial score (nSPS) is 14.2. The van der Waals surface area contributed by atoms with Crippen molar-refractivity contribution in [2.45, 2.75) is 19.3 Å². The van der Waals surface area contributed by atoms with Crippen molar-refractivity contribution >= 4 is 22.7 Å². The molecule has 0 spiro atoms. The Morgan fingerprint density at radius 1 is 1.04 bits per heavy atom. The first-order valence-electron chi connectivity index (χ1n) is 8.88. The standard InChI is InChI=1S/C19H19F3N4O2/c20-19(21,22)28-15-5-3-14(4-6-15)27-11-10-26-17-12-13(23)2-7-16(17)24-18(26)25-8-1-9-25/h2-7,12H,1,8-11,23H2. The molecule has 1 aliphatic rings. The molecule has 2 N–H and O–H groups in total. The van der Waals surface area contributed by atoms with Gasteiger partial charge in [-0.25, -0.2) is 4.98 Å². The van der Waals surface area contributed by atoms with E-state index in [0.29, 0.717) is 24.6 Å². The third kappa shape index (κ3) is 3.92. The minimum Gasteiger partial charge on any atom is -0.492 e. The second-order valence-corrected chi connectivity index (χ2v) is 6.52. The number of halogens is 3. The quantitative estimate of drug-likeness (QED) is 0.647. The molecule has 2 aromatic carbocycles. The van der Waals surface area contributed by atoms with E-state index in [1.54, 1.807) is 0 Å². The summed E-state index contributed by atoms with van der Waals surface area (Å²) in [5.41, 5.74) is 8.38. The summed E-state index contributed by atoms with van der Waals surface area (Å²) in [7, 11) is 0. The SMILES string of the molecule is Nc1ccc2nc(N3CCC3)n(CCOc3ccc(OC(F)(F)F)cc3)c2c1. The van der Waals surface area contributed by atoms with Crippen molar-refractivity contribution in [1.29, 1.82) is 0 Å². The molecule has 1 aromatic heterocycles. The fourth-order valence-corrected chi connectivity index (χ4v) is 3.10. The second kappa shape index (κ2) is 7.14.